The zero-order chi connectivity index (χ0) is 17.4. The molecule has 0 aromatic heterocycles. The molecule has 0 saturated heterocycles. The Morgan fingerprint density at radius 3 is 1.33 bits per heavy atom. The third-order valence-corrected chi connectivity index (χ3v) is 5.26. The molecule has 0 aromatic carbocycles. The van der Waals surface area contributed by atoms with Crippen LogP contribution >= 0.6 is 0 Å². The predicted molar refractivity (Wildman–Crippen MR) is 101 cm³/mol. The van der Waals surface area contributed by atoms with Crippen molar-refractivity contribution in [3.8, 4) is 0 Å². The van der Waals surface area contributed by atoms with E-state index in [1.165, 1.54) is 51.4 Å². The topological polar surface area (TPSA) is 43.2 Å². The van der Waals surface area contributed by atoms with Gasteiger partial charge in [0.05, 0.1) is 12.1 Å². The van der Waals surface area contributed by atoms with Crippen LogP contribution in [0.4, 0.5) is 0 Å². The van der Waals surface area contributed by atoms with Gasteiger partial charge >= 0.3 is 0 Å². The molecule has 2 aliphatic rings. The summed E-state index contributed by atoms with van der Waals surface area (Å²) in [5.74, 6) is 2.57. The van der Waals surface area contributed by atoms with E-state index in [1.807, 2.05) is 0 Å². The van der Waals surface area contributed by atoms with Gasteiger partial charge in [0.2, 0.25) is 0 Å². The quantitative estimate of drug-likeness (QED) is 0.532. The normalized spacial score (nSPS) is 23.4. The van der Waals surface area contributed by atoms with Gasteiger partial charge in [-0.3, -0.25) is 0 Å². The smallest absolute Gasteiger partial charge is 0.273 e. The Kier molecular flexibility index (Phi) is 8.07. The molecule has 2 aliphatic heterocycles. The standard InChI is InChI=1S/C20H36N2O2/c1-5-9-15(10-6-2)17-13-23-19(21-17)20-22-18(14-24-20)16(11-7-3)12-8-4/h15-18H,5-14H2,1-4H3/t17-,18-/m0/s1. The summed E-state index contributed by atoms with van der Waals surface area (Å²) in [7, 11) is 0. The Morgan fingerprint density at radius 1 is 0.708 bits per heavy atom. The van der Waals surface area contributed by atoms with Gasteiger partial charge in [0.15, 0.2) is 0 Å². The molecule has 24 heavy (non-hydrogen) atoms. The van der Waals surface area contributed by atoms with E-state index in [9.17, 15) is 0 Å². The van der Waals surface area contributed by atoms with E-state index in [1.54, 1.807) is 0 Å². The van der Waals surface area contributed by atoms with Crippen LogP contribution in [0.3, 0.4) is 0 Å². The Hall–Kier alpha value is -1.06. The number of hydrogen-bond donors (Lipinski definition) is 0. The van der Waals surface area contributed by atoms with Crippen molar-refractivity contribution in [2.24, 2.45) is 21.8 Å². The van der Waals surface area contributed by atoms with E-state index >= 15 is 0 Å². The lowest BCUT2D eigenvalue weighted by atomic mass is 9.91. The fourth-order valence-electron chi connectivity index (χ4n) is 4.04. The van der Waals surface area contributed by atoms with Gasteiger partial charge < -0.3 is 9.47 Å². The molecule has 4 heteroatoms. The molecular formula is C20H36N2O2. The van der Waals surface area contributed by atoms with Crippen LogP contribution in [0.1, 0.15) is 79.1 Å². The van der Waals surface area contributed by atoms with Crippen LogP contribution in [0.2, 0.25) is 0 Å². The van der Waals surface area contributed by atoms with Gasteiger partial charge in [-0.2, -0.15) is 0 Å². The molecule has 0 unspecified atom stereocenters. The summed E-state index contributed by atoms with van der Waals surface area (Å²) in [5, 5.41) is 0. The summed E-state index contributed by atoms with van der Waals surface area (Å²) in [5.41, 5.74) is 0. The fraction of sp³-hybridized carbons (Fsp3) is 0.900. The number of hydrogen-bond acceptors (Lipinski definition) is 4. The molecule has 0 N–H and O–H groups in total. The average Bonchev–Trinajstić information content (AvgIpc) is 3.24. The first-order chi connectivity index (χ1) is 11.7. The molecule has 0 bridgehead atoms. The van der Waals surface area contributed by atoms with Crippen molar-refractivity contribution in [3.05, 3.63) is 0 Å². The lowest BCUT2D eigenvalue weighted by molar-refractivity contribution is 0.248. The van der Waals surface area contributed by atoms with Gasteiger partial charge in [0, 0.05) is 0 Å². The van der Waals surface area contributed by atoms with Crippen LogP contribution in [0.15, 0.2) is 9.98 Å². The minimum Gasteiger partial charge on any atom is -0.472 e. The Labute approximate surface area is 148 Å². The number of rotatable bonds is 11. The second-order valence-corrected chi connectivity index (χ2v) is 7.30. The monoisotopic (exact) mass is 336 g/mol. The van der Waals surface area contributed by atoms with E-state index in [0.717, 1.165) is 0 Å². The largest absolute Gasteiger partial charge is 0.472 e. The zero-order valence-corrected chi connectivity index (χ0v) is 16.1. The molecule has 0 fully saturated rings. The Balaban J connectivity index is 2.00. The summed E-state index contributed by atoms with van der Waals surface area (Å²) in [6, 6.07) is 0.569. The van der Waals surface area contributed by atoms with Crippen molar-refractivity contribution in [3.63, 3.8) is 0 Å². The van der Waals surface area contributed by atoms with Crippen LogP contribution in [-0.2, 0) is 9.47 Å². The maximum Gasteiger partial charge on any atom is 0.273 e. The Morgan fingerprint density at radius 2 is 1.04 bits per heavy atom. The molecule has 138 valence electrons. The third kappa shape index (κ3) is 4.97. The Bertz CT molecular complexity index is 381. The van der Waals surface area contributed by atoms with E-state index in [-0.39, 0.29) is 12.1 Å². The highest BCUT2D eigenvalue weighted by Crippen LogP contribution is 2.27. The van der Waals surface area contributed by atoms with Gasteiger partial charge in [0.25, 0.3) is 11.8 Å². The van der Waals surface area contributed by atoms with Crippen molar-refractivity contribution < 1.29 is 9.47 Å². The van der Waals surface area contributed by atoms with Crippen LogP contribution < -0.4 is 0 Å². The number of nitrogens with zero attached hydrogens (tertiary/aromatic N) is 2. The first-order valence-electron chi connectivity index (χ1n) is 10.1. The molecular weight excluding hydrogens is 300 g/mol. The summed E-state index contributed by atoms with van der Waals surface area (Å²) >= 11 is 0. The lowest BCUT2D eigenvalue weighted by Crippen LogP contribution is -2.20. The van der Waals surface area contributed by atoms with Gasteiger partial charge in [-0.15, -0.1) is 0 Å². The van der Waals surface area contributed by atoms with E-state index < -0.39 is 0 Å². The highest BCUT2D eigenvalue weighted by Gasteiger charge is 2.34. The first-order valence-corrected chi connectivity index (χ1v) is 10.1. The number of aliphatic imine (C=N–C) groups is 2. The van der Waals surface area contributed by atoms with Gasteiger partial charge in [-0.1, -0.05) is 53.4 Å². The van der Waals surface area contributed by atoms with Crippen molar-refractivity contribution in [2.75, 3.05) is 13.2 Å². The van der Waals surface area contributed by atoms with E-state index in [0.29, 0.717) is 36.8 Å². The third-order valence-electron chi connectivity index (χ3n) is 5.26. The van der Waals surface area contributed by atoms with Crippen molar-refractivity contribution >= 4 is 11.8 Å². The second-order valence-electron chi connectivity index (χ2n) is 7.30. The molecule has 0 aromatic rings. The fourth-order valence-corrected chi connectivity index (χ4v) is 4.04. The second kappa shape index (κ2) is 10.0. The lowest BCUT2D eigenvalue weighted by Gasteiger charge is -2.18. The molecule has 0 aliphatic carbocycles. The molecule has 4 nitrogen and oxygen atoms in total. The van der Waals surface area contributed by atoms with Crippen LogP contribution in [-0.4, -0.2) is 37.1 Å². The van der Waals surface area contributed by atoms with E-state index in [4.69, 9.17) is 19.5 Å². The minimum atomic E-state index is 0.285. The molecule has 2 rings (SSSR count). The minimum absolute atomic E-state index is 0.285. The van der Waals surface area contributed by atoms with Crippen LogP contribution in [0, 0.1) is 11.8 Å². The van der Waals surface area contributed by atoms with Crippen molar-refractivity contribution in [1.29, 1.82) is 0 Å². The summed E-state index contributed by atoms with van der Waals surface area (Å²) in [4.78, 5) is 9.66. The van der Waals surface area contributed by atoms with Crippen LogP contribution in [0.25, 0.3) is 0 Å². The van der Waals surface area contributed by atoms with Gasteiger partial charge in [-0.05, 0) is 37.5 Å². The molecule has 2 heterocycles. The van der Waals surface area contributed by atoms with Gasteiger partial charge in [0.1, 0.15) is 13.2 Å². The first kappa shape index (κ1) is 19.3. The highest BCUT2D eigenvalue weighted by molar-refractivity contribution is 6.36. The summed E-state index contributed by atoms with van der Waals surface area (Å²) < 4.78 is 11.7. The molecule has 0 saturated carbocycles. The summed E-state index contributed by atoms with van der Waals surface area (Å²) in [6.07, 6.45) is 9.74. The predicted octanol–water partition coefficient (Wildman–Crippen LogP) is 5.01. The van der Waals surface area contributed by atoms with Gasteiger partial charge in [-0.25, -0.2) is 9.98 Å². The number of ether oxygens (including phenoxy) is 2. The SMILES string of the molecule is CCCC(CCC)[C@@H]1COC(C2=N[C@H](C(CCC)CCC)CO2)=N1. The summed E-state index contributed by atoms with van der Waals surface area (Å²) in [6.45, 7) is 10.4. The molecule has 0 amide bonds. The highest BCUT2D eigenvalue weighted by atomic mass is 16.5. The average molecular weight is 337 g/mol. The molecule has 2 atom stereocenters. The maximum atomic E-state index is 5.87. The van der Waals surface area contributed by atoms with E-state index in [2.05, 4.69) is 27.7 Å². The van der Waals surface area contributed by atoms with Crippen molar-refractivity contribution in [2.45, 2.75) is 91.1 Å². The maximum absolute atomic E-state index is 5.87. The molecule has 0 radical (unpaired) electrons. The van der Waals surface area contributed by atoms with Crippen molar-refractivity contribution in [1.82, 2.24) is 0 Å². The van der Waals surface area contributed by atoms with Crippen LogP contribution in [0.5, 0.6) is 0 Å². The zero-order valence-electron chi connectivity index (χ0n) is 16.1. The molecule has 0 spiro atoms.